The molecule has 1 saturated heterocycles. The Labute approximate surface area is 123 Å². The highest BCUT2D eigenvalue weighted by atomic mass is 35.5. The third-order valence-electron chi connectivity index (χ3n) is 2.66. The van der Waals surface area contributed by atoms with Gasteiger partial charge in [-0.15, -0.1) is 0 Å². The average molecular weight is 319 g/mol. The molecule has 0 aromatic carbocycles. The molecule has 0 radical (unpaired) electrons. The van der Waals surface area contributed by atoms with E-state index < -0.39 is 0 Å². The molecule has 8 heteroatoms. The second-order valence-electron chi connectivity index (χ2n) is 4.15. The third-order valence-corrected chi connectivity index (χ3v) is 5.11. The normalized spacial score (nSPS) is 18.9. The van der Waals surface area contributed by atoms with Gasteiger partial charge in [-0.1, -0.05) is 34.7 Å². The number of thiazole rings is 1. The number of carbonyl (C=O) groups is 3. The molecule has 0 N–H and O–H groups in total. The van der Waals surface area contributed by atoms with Crippen LogP contribution < -0.4 is 4.90 Å². The fourth-order valence-corrected chi connectivity index (χ4v) is 3.59. The maximum atomic E-state index is 11.9. The lowest BCUT2D eigenvalue weighted by Crippen LogP contribution is -2.24. The number of thioether (sulfide) groups is 1. The zero-order valence-electron chi connectivity index (χ0n) is 10.1. The van der Waals surface area contributed by atoms with Crippen molar-refractivity contribution < 1.29 is 14.4 Å². The summed E-state index contributed by atoms with van der Waals surface area (Å²) >= 11 is 8.12. The van der Waals surface area contributed by atoms with Crippen LogP contribution in [0.25, 0.3) is 0 Å². The summed E-state index contributed by atoms with van der Waals surface area (Å²) < 4.78 is 0. The van der Waals surface area contributed by atoms with Crippen molar-refractivity contribution in [1.29, 1.82) is 0 Å². The summed E-state index contributed by atoms with van der Waals surface area (Å²) in [6.07, 6.45) is 1.03. The van der Waals surface area contributed by atoms with E-state index in [1.54, 1.807) is 0 Å². The largest absolute Gasteiger partial charge is 0.297 e. The van der Waals surface area contributed by atoms with Gasteiger partial charge in [-0.05, 0) is 5.92 Å². The van der Waals surface area contributed by atoms with Crippen LogP contribution in [0.4, 0.5) is 5.13 Å². The van der Waals surface area contributed by atoms with Crippen LogP contribution in [0.3, 0.4) is 0 Å². The van der Waals surface area contributed by atoms with E-state index in [0.717, 1.165) is 11.3 Å². The molecule has 1 aromatic heterocycles. The monoisotopic (exact) mass is 318 g/mol. The minimum absolute atomic E-state index is 0.0444. The minimum Gasteiger partial charge on any atom is -0.297 e. The Bertz CT molecular complexity index is 532. The minimum atomic E-state index is -0.0444. The maximum Gasteiger partial charge on any atom is 0.229 e. The molecular formula is C11H11ClN2O3S2. The first kappa shape index (κ1) is 14.5. The first-order valence-electron chi connectivity index (χ1n) is 5.56. The Balaban J connectivity index is 2.06. The van der Waals surface area contributed by atoms with Crippen LogP contribution in [-0.4, -0.2) is 34.6 Å². The van der Waals surface area contributed by atoms with Gasteiger partial charge in [-0.2, -0.15) is 0 Å². The van der Waals surface area contributed by atoms with Crippen molar-refractivity contribution in [3.05, 3.63) is 10.0 Å². The fourth-order valence-electron chi connectivity index (χ4n) is 1.80. The molecule has 1 aliphatic heterocycles. The van der Waals surface area contributed by atoms with Crippen LogP contribution in [0.1, 0.15) is 23.0 Å². The number of halogens is 1. The molecule has 1 amide bonds. The van der Waals surface area contributed by atoms with Gasteiger partial charge in [0.05, 0.1) is 0 Å². The van der Waals surface area contributed by atoms with Gasteiger partial charge < -0.3 is 0 Å². The summed E-state index contributed by atoms with van der Waals surface area (Å²) in [6.45, 7) is 2.03. The van der Waals surface area contributed by atoms with Gasteiger partial charge in [-0.3, -0.25) is 19.3 Å². The van der Waals surface area contributed by atoms with Gasteiger partial charge in [0.1, 0.15) is 4.88 Å². The maximum absolute atomic E-state index is 11.9. The second kappa shape index (κ2) is 6.02. The lowest BCUT2D eigenvalue weighted by molar-refractivity contribution is -0.117. The van der Waals surface area contributed by atoms with Crippen molar-refractivity contribution in [2.45, 2.75) is 13.3 Å². The Morgan fingerprint density at radius 2 is 2.42 bits per heavy atom. The molecule has 5 nitrogen and oxygen atoms in total. The number of anilines is 1. The number of aromatic nitrogens is 1. The first-order valence-corrected chi connectivity index (χ1v) is 7.74. The van der Waals surface area contributed by atoms with E-state index >= 15 is 0 Å². The molecule has 1 aromatic rings. The van der Waals surface area contributed by atoms with Crippen LogP contribution in [0, 0.1) is 5.92 Å². The van der Waals surface area contributed by atoms with Gasteiger partial charge in [0.15, 0.2) is 21.7 Å². The molecule has 2 heterocycles. The molecule has 0 aliphatic carbocycles. The predicted molar refractivity (Wildman–Crippen MR) is 76.1 cm³/mol. The summed E-state index contributed by atoms with van der Waals surface area (Å²) in [5.41, 5.74) is 0. The Morgan fingerprint density at radius 3 is 3.00 bits per heavy atom. The lowest BCUT2D eigenvalue weighted by Gasteiger charge is -2.12. The van der Waals surface area contributed by atoms with Crippen molar-refractivity contribution in [1.82, 2.24) is 4.98 Å². The first-order chi connectivity index (χ1) is 9.01. The van der Waals surface area contributed by atoms with E-state index in [-0.39, 0.29) is 22.1 Å². The van der Waals surface area contributed by atoms with Gasteiger partial charge in [-0.25, -0.2) is 4.98 Å². The summed E-state index contributed by atoms with van der Waals surface area (Å²) in [6, 6.07) is 0. The zero-order valence-corrected chi connectivity index (χ0v) is 12.5. The van der Waals surface area contributed by atoms with Crippen molar-refractivity contribution in [2.75, 3.05) is 17.2 Å². The van der Waals surface area contributed by atoms with E-state index in [1.807, 2.05) is 0 Å². The quantitative estimate of drug-likeness (QED) is 0.796. The summed E-state index contributed by atoms with van der Waals surface area (Å²) in [7, 11) is 0. The fraction of sp³-hybridized carbons (Fsp3) is 0.455. The SMILES string of the molecule is CC(=O)SCC1CC(=O)N(c2nc(Cl)c(C=O)s2)C1. The van der Waals surface area contributed by atoms with Crippen molar-refractivity contribution >= 4 is 57.1 Å². The predicted octanol–water partition coefficient (Wildman–Crippen LogP) is 2.24. The summed E-state index contributed by atoms with van der Waals surface area (Å²) in [4.78, 5) is 39.4. The van der Waals surface area contributed by atoms with Crippen LogP contribution in [0.5, 0.6) is 0 Å². The zero-order chi connectivity index (χ0) is 14.0. The molecule has 19 heavy (non-hydrogen) atoms. The number of amides is 1. The number of hydrogen-bond donors (Lipinski definition) is 0. The van der Waals surface area contributed by atoms with Gasteiger partial charge in [0.2, 0.25) is 5.91 Å². The van der Waals surface area contributed by atoms with E-state index in [2.05, 4.69) is 4.98 Å². The molecule has 1 fully saturated rings. The van der Waals surface area contributed by atoms with Crippen LogP contribution >= 0.6 is 34.7 Å². The van der Waals surface area contributed by atoms with Crippen LogP contribution in [-0.2, 0) is 9.59 Å². The van der Waals surface area contributed by atoms with E-state index in [0.29, 0.717) is 35.0 Å². The number of carbonyl (C=O) groups excluding carboxylic acids is 3. The smallest absolute Gasteiger partial charge is 0.229 e. The second-order valence-corrected chi connectivity index (χ2v) is 6.71. The van der Waals surface area contributed by atoms with Crippen LogP contribution in [0.15, 0.2) is 0 Å². The molecule has 2 rings (SSSR count). The highest BCUT2D eigenvalue weighted by Crippen LogP contribution is 2.33. The lowest BCUT2D eigenvalue weighted by atomic mass is 10.1. The number of hydrogen-bond acceptors (Lipinski definition) is 6. The average Bonchev–Trinajstić information content (AvgIpc) is 2.89. The standard InChI is InChI=1S/C11H11ClN2O3S2/c1-6(16)18-5-7-2-9(17)14(3-7)11-13-10(12)8(4-15)19-11/h4,7H,2-3,5H2,1H3. The molecule has 102 valence electrons. The Morgan fingerprint density at radius 1 is 1.68 bits per heavy atom. The highest BCUT2D eigenvalue weighted by Gasteiger charge is 2.33. The highest BCUT2D eigenvalue weighted by molar-refractivity contribution is 8.13. The molecule has 0 saturated carbocycles. The molecular weight excluding hydrogens is 308 g/mol. The molecule has 1 unspecified atom stereocenters. The van der Waals surface area contributed by atoms with Gasteiger partial charge in [0, 0.05) is 25.6 Å². The van der Waals surface area contributed by atoms with Crippen LogP contribution in [0.2, 0.25) is 5.15 Å². The third kappa shape index (κ3) is 3.34. The Hall–Kier alpha value is -0.920. The number of rotatable bonds is 4. The van der Waals surface area contributed by atoms with E-state index in [9.17, 15) is 14.4 Å². The van der Waals surface area contributed by atoms with Crippen molar-refractivity contribution in [2.24, 2.45) is 5.92 Å². The molecule has 0 spiro atoms. The number of aldehydes is 1. The topological polar surface area (TPSA) is 67.3 Å². The molecule has 0 bridgehead atoms. The summed E-state index contributed by atoms with van der Waals surface area (Å²) in [5, 5.41) is 0.628. The van der Waals surface area contributed by atoms with Crippen molar-refractivity contribution in [3.8, 4) is 0 Å². The summed E-state index contributed by atoms with van der Waals surface area (Å²) in [5.74, 6) is 0.706. The number of nitrogens with zero attached hydrogens (tertiary/aromatic N) is 2. The van der Waals surface area contributed by atoms with Crippen molar-refractivity contribution in [3.63, 3.8) is 0 Å². The molecule has 1 aliphatic rings. The van der Waals surface area contributed by atoms with Gasteiger partial charge >= 0.3 is 0 Å². The molecule has 1 atom stereocenters. The van der Waals surface area contributed by atoms with E-state index in [4.69, 9.17) is 11.6 Å². The Kier molecular flexibility index (Phi) is 4.59. The van der Waals surface area contributed by atoms with E-state index in [1.165, 1.54) is 23.6 Å². The van der Waals surface area contributed by atoms with Gasteiger partial charge in [0.25, 0.3) is 0 Å².